The van der Waals surface area contributed by atoms with E-state index in [9.17, 15) is 0 Å². The third kappa shape index (κ3) is 3.42. The Bertz CT molecular complexity index is 765. The van der Waals surface area contributed by atoms with E-state index in [1.165, 1.54) is 5.56 Å². The maximum absolute atomic E-state index is 4.36. The van der Waals surface area contributed by atoms with Gasteiger partial charge in [-0.05, 0) is 41.7 Å². The maximum atomic E-state index is 4.36. The Balaban J connectivity index is 1.83. The molecular formula is C19H21N3. The Morgan fingerprint density at radius 1 is 0.909 bits per heavy atom. The molecule has 112 valence electrons. The van der Waals surface area contributed by atoms with Crippen LogP contribution < -0.4 is 5.32 Å². The summed E-state index contributed by atoms with van der Waals surface area (Å²) in [5, 5.41) is 4.42. The fourth-order valence-electron chi connectivity index (χ4n) is 2.56. The van der Waals surface area contributed by atoms with Gasteiger partial charge in [-0.2, -0.15) is 0 Å². The minimum atomic E-state index is 0.303. The highest BCUT2D eigenvalue weighted by molar-refractivity contribution is 5.90. The van der Waals surface area contributed by atoms with Crippen molar-refractivity contribution < 1.29 is 0 Å². The first-order valence-corrected chi connectivity index (χ1v) is 7.57. The van der Waals surface area contributed by atoms with Crippen LogP contribution in [0.25, 0.3) is 10.9 Å². The van der Waals surface area contributed by atoms with Crippen molar-refractivity contribution in [3.05, 3.63) is 60.4 Å². The maximum Gasteiger partial charge on any atom is 0.141 e. The standard InChI is InChI=1S/C19H21N3/c1-19(2,3)12-14-8-10-15(11-9-14)22-18-16-6-4-5-7-17(16)20-13-21-18/h4-11,13H,12H2,1-3H3,(H,20,21,22). The number of para-hydroxylation sites is 1. The predicted molar refractivity (Wildman–Crippen MR) is 92.4 cm³/mol. The largest absolute Gasteiger partial charge is 0.340 e. The molecule has 0 saturated heterocycles. The Hall–Kier alpha value is -2.42. The molecule has 0 aliphatic heterocycles. The van der Waals surface area contributed by atoms with Gasteiger partial charge >= 0.3 is 0 Å². The number of hydrogen-bond donors (Lipinski definition) is 1. The van der Waals surface area contributed by atoms with Gasteiger partial charge in [0, 0.05) is 11.1 Å². The zero-order chi connectivity index (χ0) is 15.6. The summed E-state index contributed by atoms with van der Waals surface area (Å²) in [4.78, 5) is 8.65. The molecule has 0 aliphatic rings. The monoisotopic (exact) mass is 291 g/mol. The van der Waals surface area contributed by atoms with Crippen LogP contribution in [0.5, 0.6) is 0 Å². The van der Waals surface area contributed by atoms with Gasteiger partial charge in [0.25, 0.3) is 0 Å². The summed E-state index contributed by atoms with van der Waals surface area (Å²) in [7, 11) is 0. The third-order valence-electron chi connectivity index (χ3n) is 3.49. The fourth-order valence-corrected chi connectivity index (χ4v) is 2.56. The smallest absolute Gasteiger partial charge is 0.141 e. The van der Waals surface area contributed by atoms with Gasteiger partial charge in [0.2, 0.25) is 0 Å². The average molecular weight is 291 g/mol. The van der Waals surface area contributed by atoms with Crippen LogP contribution in [0.15, 0.2) is 54.9 Å². The Morgan fingerprint density at radius 2 is 1.64 bits per heavy atom. The molecule has 3 nitrogen and oxygen atoms in total. The van der Waals surface area contributed by atoms with E-state index in [0.717, 1.165) is 28.8 Å². The number of anilines is 2. The summed E-state index contributed by atoms with van der Waals surface area (Å²) in [6.07, 6.45) is 2.67. The quantitative estimate of drug-likeness (QED) is 0.741. The van der Waals surface area contributed by atoms with E-state index >= 15 is 0 Å². The second kappa shape index (κ2) is 5.76. The summed E-state index contributed by atoms with van der Waals surface area (Å²) >= 11 is 0. The van der Waals surface area contributed by atoms with E-state index in [1.54, 1.807) is 6.33 Å². The van der Waals surface area contributed by atoms with E-state index in [2.05, 4.69) is 60.3 Å². The lowest BCUT2D eigenvalue weighted by Crippen LogP contribution is -2.08. The number of rotatable bonds is 3. The minimum absolute atomic E-state index is 0.303. The summed E-state index contributed by atoms with van der Waals surface area (Å²) in [5.41, 5.74) is 3.65. The van der Waals surface area contributed by atoms with Crippen LogP contribution in [0, 0.1) is 5.41 Å². The number of nitrogens with one attached hydrogen (secondary N) is 1. The van der Waals surface area contributed by atoms with Gasteiger partial charge in [-0.25, -0.2) is 9.97 Å². The topological polar surface area (TPSA) is 37.8 Å². The van der Waals surface area contributed by atoms with Gasteiger partial charge in [-0.15, -0.1) is 0 Å². The molecule has 0 aliphatic carbocycles. The fraction of sp³-hybridized carbons (Fsp3) is 0.263. The molecule has 1 aromatic heterocycles. The van der Waals surface area contributed by atoms with Crippen LogP contribution in [0.2, 0.25) is 0 Å². The van der Waals surface area contributed by atoms with Gasteiger partial charge in [0.15, 0.2) is 0 Å². The van der Waals surface area contributed by atoms with Crippen molar-refractivity contribution in [2.75, 3.05) is 5.32 Å². The van der Waals surface area contributed by atoms with Crippen LogP contribution in [0.1, 0.15) is 26.3 Å². The van der Waals surface area contributed by atoms with Gasteiger partial charge in [0.1, 0.15) is 12.1 Å². The molecule has 3 rings (SSSR count). The molecule has 0 atom stereocenters. The summed E-state index contributed by atoms with van der Waals surface area (Å²) in [5.74, 6) is 0.842. The van der Waals surface area contributed by atoms with E-state index < -0.39 is 0 Å². The van der Waals surface area contributed by atoms with Crippen LogP contribution in [0.3, 0.4) is 0 Å². The third-order valence-corrected chi connectivity index (χ3v) is 3.49. The van der Waals surface area contributed by atoms with E-state index in [0.29, 0.717) is 5.41 Å². The predicted octanol–water partition coefficient (Wildman–Crippen LogP) is 4.96. The molecule has 1 heterocycles. The molecule has 3 heteroatoms. The summed E-state index contributed by atoms with van der Waals surface area (Å²) in [6, 6.07) is 16.6. The van der Waals surface area contributed by atoms with Crippen LogP contribution in [-0.4, -0.2) is 9.97 Å². The Morgan fingerprint density at radius 3 is 2.36 bits per heavy atom. The van der Waals surface area contributed by atoms with Crippen molar-refractivity contribution >= 4 is 22.4 Å². The van der Waals surface area contributed by atoms with Crippen LogP contribution in [-0.2, 0) is 6.42 Å². The molecule has 2 aromatic carbocycles. The van der Waals surface area contributed by atoms with E-state index in [4.69, 9.17) is 0 Å². The molecule has 0 spiro atoms. The Kier molecular flexibility index (Phi) is 3.80. The van der Waals surface area contributed by atoms with Crippen LogP contribution in [0.4, 0.5) is 11.5 Å². The van der Waals surface area contributed by atoms with Crippen molar-refractivity contribution in [1.82, 2.24) is 9.97 Å². The van der Waals surface area contributed by atoms with Crippen molar-refractivity contribution in [3.8, 4) is 0 Å². The second-order valence-electron chi connectivity index (χ2n) is 6.80. The number of nitrogens with zero attached hydrogens (tertiary/aromatic N) is 2. The molecule has 22 heavy (non-hydrogen) atoms. The van der Waals surface area contributed by atoms with Gasteiger partial charge in [-0.3, -0.25) is 0 Å². The van der Waals surface area contributed by atoms with Gasteiger partial charge < -0.3 is 5.32 Å². The van der Waals surface area contributed by atoms with Gasteiger partial charge in [-0.1, -0.05) is 45.0 Å². The summed E-state index contributed by atoms with van der Waals surface area (Å²) in [6.45, 7) is 6.77. The number of fused-ring (bicyclic) bond motifs is 1. The lowest BCUT2D eigenvalue weighted by molar-refractivity contribution is 0.411. The highest BCUT2D eigenvalue weighted by Gasteiger charge is 2.11. The molecular weight excluding hydrogens is 270 g/mol. The van der Waals surface area contributed by atoms with Crippen LogP contribution >= 0.6 is 0 Å². The SMILES string of the molecule is CC(C)(C)Cc1ccc(Nc2ncnc3ccccc23)cc1. The number of aromatic nitrogens is 2. The molecule has 0 amide bonds. The molecule has 0 bridgehead atoms. The number of benzene rings is 2. The van der Waals surface area contributed by atoms with E-state index in [-0.39, 0.29) is 0 Å². The van der Waals surface area contributed by atoms with Crippen molar-refractivity contribution in [3.63, 3.8) is 0 Å². The molecule has 3 aromatic rings. The molecule has 0 fully saturated rings. The van der Waals surface area contributed by atoms with E-state index in [1.807, 2.05) is 24.3 Å². The lowest BCUT2D eigenvalue weighted by Gasteiger charge is -2.18. The van der Waals surface area contributed by atoms with Gasteiger partial charge in [0.05, 0.1) is 5.52 Å². The number of hydrogen-bond acceptors (Lipinski definition) is 3. The molecule has 1 N–H and O–H groups in total. The zero-order valence-electron chi connectivity index (χ0n) is 13.3. The Labute approximate surface area is 131 Å². The lowest BCUT2D eigenvalue weighted by atomic mass is 9.88. The molecule has 0 saturated carbocycles. The van der Waals surface area contributed by atoms with Crippen molar-refractivity contribution in [2.45, 2.75) is 27.2 Å². The van der Waals surface area contributed by atoms with Crippen molar-refractivity contribution in [2.24, 2.45) is 5.41 Å². The normalized spacial score (nSPS) is 11.6. The highest BCUT2D eigenvalue weighted by Crippen LogP contribution is 2.25. The first kappa shape index (κ1) is 14.5. The first-order chi connectivity index (χ1) is 10.5. The molecule has 0 unspecified atom stereocenters. The summed E-state index contributed by atoms with van der Waals surface area (Å²) < 4.78 is 0. The second-order valence-corrected chi connectivity index (χ2v) is 6.80. The minimum Gasteiger partial charge on any atom is -0.340 e. The first-order valence-electron chi connectivity index (χ1n) is 7.57. The zero-order valence-corrected chi connectivity index (χ0v) is 13.3. The average Bonchev–Trinajstić information content (AvgIpc) is 2.48. The molecule has 0 radical (unpaired) electrons. The van der Waals surface area contributed by atoms with Crippen molar-refractivity contribution in [1.29, 1.82) is 0 Å². The highest BCUT2D eigenvalue weighted by atomic mass is 15.0.